The van der Waals surface area contributed by atoms with E-state index in [1.165, 1.54) is 12.1 Å². The third kappa shape index (κ3) is 4.68. The van der Waals surface area contributed by atoms with Crippen molar-refractivity contribution in [1.82, 2.24) is 20.0 Å². The molecule has 2 heterocycles. The highest BCUT2D eigenvalue weighted by Gasteiger charge is 2.28. The summed E-state index contributed by atoms with van der Waals surface area (Å²) in [5.74, 6) is 0.554. The first-order valence-electron chi connectivity index (χ1n) is 10.1. The van der Waals surface area contributed by atoms with Gasteiger partial charge in [0.25, 0.3) is 0 Å². The highest BCUT2D eigenvalue weighted by atomic mass is 19.1. The second-order valence-electron chi connectivity index (χ2n) is 7.38. The van der Waals surface area contributed by atoms with E-state index in [0.717, 1.165) is 29.4 Å². The van der Waals surface area contributed by atoms with Crippen LogP contribution in [0, 0.1) is 5.82 Å². The molecule has 0 bridgehead atoms. The van der Waals surface area contributed by atoms with E-state index < -0.39 is 0 Å². The molecule has 1 aliphatic rings. The lowest BCUT2D eigenvalue weighted by atomic mass is 10.1. The highest BCUT2D eigenvalue weighted by Crippen LogP contribution is 2.25. The summed E-state index contributed by atoms with van der Waals surface area (Å²) in [7, 11) is 1.78. The molecule has 0 radical (unpaired) electrons. The number of nitrogens with zero attached hydrogens (tertiary/aromatic N) is 4. The summed E-state index contributed by atoms with van der Waals surface area (Å²) in [4.78, 5) is 6.63. The van der Waals surface area contributed by atoms with Crippen molar-refractivity contribution >= 4 is 5.96 Å². The number of morpholine rings is 1. The Hall–Kier alpha value is -3.19. The summed E-state index contributed by atoms with van der Waals surface area (Å²) >= 11 is 0. The molecule has 156 valence electrons. The molecule has 2 aromatic carbocycles. The van der Waals surface area contributed by atoms with Gasteiger partial charge >= 0.3 is 0 Å². The fraction of sp³-hybridized carbons (Fsp3) is 0.304. The highest BCUT2D eigenvalue weighted by molar-refractivity contribution is 5.80. The fourth-order valence-corrected chi connectivity index (χ4v) is 3.67. The minimum atomic E-state index is -0.244. The Kier molecular flexibility index (Phi) is 6.09. The van der Waals surface area contributed by atoms with Gasteiger partial charge in [0.15, 0.2) is 5.96 Å². The first-order valence-corrected chi connectivity index (χ1v) is 10.1. The zero-order valence-electron chi connectivity index (χ0n) is 17.2. The van der Waals surface area contributed by atoms with Crippen molar-refractivity contribution in [2.45, 2.75) is 25.7 Å². The van der Waals surface area contributed by atoms with Crippen LogP contribution in [0.3, 0.4) is 0 Å². The number of ether oxygens (including phenoxy) is 1. The Labute approximate surface area is 176 Å². The van der Waals surface area contributed by atoms with Crippen LogP contribution in [0.1, 0.15) is 24.3 Å². The number of halogens is 1. The third-order valence-corrected chi connectivity index (χ3v) is 5.11. The molecule has 0 amide bonds. The maximum absolute atomic E-state index is 13.3. The number of hydrogen-bond donors (Lipinski definition) is 1. The number of rotatable bonds is 4. The van der Waals surface area contributed by atoms with Crippen LogP contribution in [0.4, 0.5) is 4.39 Å². The number of hydrogen-bond acceptors (Lipinski definition) is 3. The van der Waals surface area contributed by atoms with Gasteiger partial charge in [-0.05, 0) is 42.8 Å². The average molecular weight is 407 g/mol. The Bertz CT molecular complexity index is 986. The summed E-state index contributed by atoms with van der Waals surface area (Å²) in [5, 5.41) is 8.04. The molecule has 30 heavy (non-hydrogen) atoms. The molecule has 1 N–H and O–H groups in total. The molecule has 2 atom stereocenters. The van der Waals surface area contributed by atoms with E-state index in [1.54, 1.807) is 19.2 Å². The lowest BCUT2D eigenvalue weighted by Gasteiger charge is -2.38. The molecule has 1 fully saturated rings. The lowest BCUT2D eigenvalue weighted by molar-refractivity contribution is -0.0605. The van der Waals surface area contributed by atoms with E-state index in [-0.39, 0.29) is 18.0 Å². The maximum Gasteiger partial charge on any atom is 0.194 e. The van der Waals surface area contributed by atoms with E-state index in [0.29, 0.717) is 13.1 Å². The van der Waals surface area contributed by atoms with Crippen molar-refractivity contribution in [3.63, 3.8) is 0 Å². The first-order chi connectivity index (χ1) is 14.6. The minimum absolute atomic E-state index is 0.0321. The fourth-order valence-electron chi connectivity index (χ4n) is 3.67. The number of aliphatic imine (C=N–C) groups is 1. The number of guanidine groups is 1. The zero-order valence-corrected chi connectivity index (χ0v) is 17.2. The van der Waals surface area contributed by atoms with Gasteiger partial charge in [-0.25, -0.2) is 9.07 Å². The predicted molar refractivity (Wildman–Crippen MR) is 115 cm³/mol. The van der Waals surface area contributed by atoms with E-state index in [2.05, 4.69) is 20.3 Å². The summed E-state index contributed by atoms with van der Waals surface area (Å²) in [6.07, 6.45) is 1.85. The largest absolute Gasteiger partial charge is 0.367 e. The summed E-state index contributed by atoms with van der Waals surface area (Å²) < 4.78 is 21.2. The van der Waals surface area contributed by atoms with Gasteiger partial charge in [-0.15, -0.1) is 0 Å². The lowest BCUT2D eigenvalue weighted by Crippen LogP contribution is -2.50. The molecule has 4 rings (SSSR count). The second-order valence-corrected chi connectivity index (χ2v) is 7.38. The standard InChI is InChI=1S/C23H26FN5O/c1-17-15-28(16-22(30-17)18-8-10-19(24)11-9-18)23(25-2)26-14-20-12-13-29(27-20)21-6-4-3-5-7-21/h3-13,17,22H,14-16H2,1-2H3,(H,25,26). The van der Waals surface area contributed by atoms with Crippen molar-refractivity contribution in [1.29, 1.82) is 0 Å². The van der Waals surface area contributed by atoms with Gasteiger partial charge in [0.05, 0.1) is 30.6 Å². The van der Waals surface area contributed by atoms with Crippen LogP contribution in [0.25, 0.3) is 5.69 Å². The van der Waals surface area contributed by atoms with Gasteiger partial charge < -0.3 is 15.0 Å². The average Bonchev–Trinajstić information content (AvgIpc) is 3.24. The smallest absolute Gasteiger partial charge is 0.194 e. The maximum atomic E-state index is 13.3. The van der Waals surface area contributed by atoms with E-state index in [9.17, 15) is 4.39 Å². The minimum Gasteiger partial charge on any atom is -0.367 e. The van der Waals surface area contributed by atoms with Crippen LogP contribution in [-0.2, 0) is 11.3 Å². The van der Waals surface area contributed by atoms with Gasteiger partial charge in [-0.2, -0.15) is 5.10 Å². The van der Waals surface area contributed by atoms with Crippen molar-refractivity contribution in [3.8, 4) is 5.69 Å². The normalized spacial score (nSPS) is 19.7. The van der Waals surface area contributed by atoms with Crippen LogP contribution >= 0.6 is 0 Å². The zero-order chi connectivity index (χ0) is 20.9. The summed E-state index contributed by atoms with van der Waals surface area (Å²) in [6, 6.07) is 18.5. The van der Waals surface area contributed by atoms with Crippen molar-refractivity contribution in [2.24, 2.45) is 4.99 Å². The Balaban J connectivity index is 1.41. The molecule has 1 aliphatic heterocycles. The molecule has 0 aliphatic carbocycles. The molecule has 1 saturated heterocycles. The van der Waals surface area contributed by atoms with Crippen molar-refractivity contribution in [3.05, 3.63) is 83.9 Å². The topological polar surface area (TPSA) is 54.7 Å². The van der Waals surface area contributed by atoms with Crippen LogP contribution < -0.4 is 5.32 Å². The number of nitrogens with one attached hydrogen (secondary N) is 1. The first kappa shape index (κ1) is 20.1. The Morgan fingerprint density at radius 1 is 1.13 bits per heavy atom. The SMILES string of the molecule is CN=C(NCc1ccn(-c2ccccc2)n1)N1CC(C)OC(c2ccc(F)cc2)C1. The molecule has 0 saturated carbocycles. The quantitative estimate of drug-likeness (QED) is 0.531. The predicted octanol–water partition coefficient (Wildman–Crippen LogP) is 3.55. The number of aromatic nitrogens is 2. The molecule has 3 aromatic rings. The third-order valence-electron chi connectivity index (χ3n) is 5.11. The second kappa shape index (κ2) is 9.09. The van der Waals surface area contributed by atoms with Gasteiger partial charge in [0.1, 0.15) is 11.9 Å². The Morgan fingerprint density at radius 2 is 1.90 bits per heavy atom. The van der Waals surface area contributed by atoms with E-state index in [4.69, 9.17) is 4.74 Å². The van der Waals surface area contributed by atoms with Crippen LogP contribution in [0.15, 0.2) is 71.9 Å². The van der Waals surface area contributed by atoms with E-state index >= 15 is 0 Å². The molecular formula is C23H26FN5O. The molecule has 1 aromatic heterocycles. The molecular weight excluding hydrogens is 381 g/mol. The van der Waals surface area contributed by atoms with Gasteiger partial charge in [-0.3, -0.25) is 4.99 Å². The molecule has 2 unspecified atom stereocenters. The van der Waals surface area contributed by atoms with E-state index in [1.807, 2.05) is 54.2 Å². The van der Waals surface area contributed by atoms with Gasteiger partial charge in [0.2, 0.25) is 0 Å². The molecule has 6 nitrogen and oxygen atoms in total. The Morgan fingerprint density at radius 3 is 2.63 bits per heavy atom. The van der Waals surface area contributed by atoms with Crippen LogP contribution in [-0.4, -0.2) is 46.9 Å². The molecule has 0 spiro atoms. The van der Waals surface area contributed by atoms with Gasteiger partial charge in [-0.1, -0.05) is 30.3 Å². The monoisotopic (exact) mass is 407 g/mol. The van der Waals surface area contributed by atoms with Crippen molar-refractivity contribution in [2.75, 3.05) is 20.1 Å². The summed E-state index contributed by atoms with van der Waals surface area (Å²) in [6.45, 7) is 3.99. The number of para-hydroxylation sites is 1. The number of benzene rings is 2. The van der Waals surface area contributed by atoms with Gasteiger partial charge in [0, 0.05) is 19.8 Å². The van der Waals surface area contributed by atoms with Crippen molar-refractivity contribution < 1.29 is 9.13 Å². The summed E-state index contributed by atoms with van der Waals surface area (Å²) in [5.41, 5.74) is 2.92. The van der Waals surface area contributed by atoms with Crippen LogP contribution in [0.5, 0.6) is 0 Å². The molecule has 7 heteroatoms. The van der Waals surface area contributed by atoms with Crippen LogP contribution in [0.2, 0.25) is 0 Å².